The lowest BCUT2D eigenvalue weighted by Gasteiger charge is -2.09. The lowest BCUT2D eigenvalue weighted by Crippen LogP contribution is -2.08. The third-order valence-electron chi connectivity index (χ3n) is 2.40. The van der Waals surface area contributed by atoms with Crippen LogP contribution in [0.2, 0.25) is 0 Å². The van der Waals surface area contributed by atoms with Crippen molar-refractivity contribution in [3.05, 3.63) is 24.3 Å². The van der Waals surface area contributed by atoms with Gasteiger partial charge in [0.1, 0.15) is 5.75 Å². The van der Waals surface area contributed by atoms with Crippen molar-refractivity contribution in [3.63, 3.8) is 0 Å². The van der Waals surface area contributed by atoms with Gasteiger partial charge in [-0.3, -0.25) is 0 Å². The molecule has 1 aromatic carbocycles. The topological polar surface area (TPSA) is 21.3 Å². The third kappa shape index (κ3) is 4.90. The minimum absolute atomic E-state index is 0.821. The Balaban J connectivity index is 2.21. The van der Waals surface area contributed by atoms with Crippen molar-refractivity contribution in [2.75, 3.05) is 26.5 Å². The van der Waals surface area contributed by atoms with Crippen molar-refractivity contribution in [3.8, 4) is 5.75 Å². The molecule has 1 aromatic rings. The number of thioether (sulfide) groups is 1. The van der Waals surface area contributed by atoms with Crippen molar-refractivity contribution < 1.29 is 4.74 Å². The highest BCUT2D eigenvalue weighted by atomic mass is 32.2. The summed E-state index contributed by atoms with van der Waals surface area (Å²) in [5.74, 6) is 1.02. The Morgan fingerprint density at radius 3 is 2.75 bits per heavy atom. The number of hydrogen-bond acceptors (Lipinski definition) is 3. The van der Waals surface area contributed by atoms with E-state index in [2.05, 4.69) is 17.6 Å². The normalized spacial score (nSPS) is 10.4. The smallest absolute Gasteiger partial charge is 0.132 e. The van der Waals surface area contributed by atoms with Crippen LogP contribution in [0.1, 0.15) is 19.3 Å². The van der Waals surface area contributed by atoms with E-state index in [0.717, 1.165) is 25.3 Å². The van der Waals surface area contributed by atoms with E-state index < -0.39 is 0 Å². The van der Waals surface area contributed by atoms with E-state index in [1.165, 1.54) is 17.7 Å². The summed E-state index contributed by atoms with van der Waals surface area (Å²) in [5.41, 5.74) is 0. The molecule has 1 rings (SSSR count). The standard InChI is InChI=1S/C13H21NOS/c1-14-10-6-3-7-11-15-12-8-4-5-9-13(12)16-2/h4-5,8-9,14H,3,6-7,10-11H2,1-2H3. The van der Waals surface area contributed by atoms with Gasteiger partial charge in [0.2, 0.25) is 0 Å². The Labute approximate surface area is 103 Å². The number of rotatable bonds is 8. The zero-order chi connectivity index (χ0) is 11.6. The zero-order valence-electron chi connectivity index (χ0n) is 10.2. The summed E-state index contributed by atoms with van der Waals surface area (Å²) in [6.45, 7) is 1.92. The van der Waals surface area contributed by atoms with Gasteiger partial charge in [-0.05, 0) is 51.2 Å². The van der Waals surface area contributed by atoms with E-state index in [1.807, 2.05) is 25.2 Å². The number of ether oxygens (including phenoxy) is 1. The SMILES string of the molecule is CNCCCCCOc1ccccc1SC. The van der Waals surface area contributed by atoms with Crippen LogP contribution in [-0.4, -0.2) is 26.5 Å². The van der Waals surface area contributed by atoms with Crippen molar-refractivity contribution in [2.24, 2.45) is 0 Å². The van der Waals surface area contributed by atoms with Gasteiger partial charge >= 0.3 is 0 Å². The predicted octanol–water partition coefficient (Wildman–Crippen LogP) is 3.18. The quantitative estimate of drug-likeness (QED) is 0.556. The second-order valence-corrected chi connectivity index (χ2v) is 4.51. The minimum Gasteiger partial charge on any atom is -0.492 e. The molecule has 90 valence electrons. The molecule has 0 saturated carbocycles. The predicted molar refractivity (Wildman–Crippen MR) is 71.5 cm³/mol. The molecule has 0 spiro atoms. The molecule has 0 saturated heterocycles. The first kappa shape index (κ1) is 13.4. The Morgan fingerprint density at radius 1 is 1.19 bits per heavy atom. The van der Waals surface area contributed by atoms with Gasteiger partial charge < -0.3 is 10.1 Å². The molecule has 0 radical (unpaired) electrons. The second-order valence-electron chi connectivity index (χ2n) is 3.66. The molecular weight excluding hydrogens is 218 g/mol. The van der Waals surface area contributed by atoms with Crippen LogP contribution in [0.25, 0.3) is 0 Å². The lowest BCUT2D eigenvalue weighted by atomic mass is 10.2. The minimum atomic E-state index is 0.821. The molecule has 0 heterocycles. The van der Waals surface area contributed by atoms with Crippen LogP contribution in [0.4, 0.5) is 0 Å². The maximum absolute atomic E-state index is 5.77. The molecule has 16 heavy (non-hydrogen) atoms. The number of nitrogens with one attached hydrogen (secondary N) is 1. The van der Waals surface area contributed by atoms with Crippen molar-refractivity contribution in [1.29, 1.82) is 0 Å². The fourth-order valence-corrected chi connectivity index (χ4v) is 2.04. The monoisotopic (exact) mass is 239 g/mol. The molecule has 0 aliphatic heterocycles. The highest BCUT2D eigenvalue weighted by Crippen LogP contribution is 2.26. The molecule has 2 nitrogen and oxygen atoms in total. The van der Waals surface area contributed by atoms with E-state index in [1.54, 1.807) is 11.8 Å². The zero-order valence-corrected chi connectivity index (χ0v) is 11.0. The van der Waals surface area contributed by atoms with Gasteiger partial charge in [0.25, 0.3) is 0 Å². The maximum atomic E-state index is 5.77. The fraction of sp³-hybridized carbons (Fsp3) is 0.538. The number of unbranched alkanes of at least 4 members (excludes halogenated alkanes) is 2. The van der Waals surface area contributed by atoms with Crippen LogP contribution < -0.4 is 10.1 Å². The number of para-hydroxylation sites is 1. The molecule has 1 N–H and O–H groups in total. The third-order valence-corrected chi connectivity index (χ3v) is 3.17. The van der Waals surface area contributed by atoms with E-state index in [4.69, 9.17) is 4.74 Å². The van der Waals surface area contributed by atoms with Crippen LogP contribution in [-0.2, 0) is 0 Å². The number of hydrogen-bond donors (Lipinski definition) is 1. The van der Waals surface area contributed by atoms with Gasteiger partial charge in [-0.15, -0.1) is 11.8 Å². The molecule has 0 unspecified atom stereocenters. The Kier molecular flexibility index (Phi) is 7.10. The van der Waals surface area contributed by atoms with Crippen LogP contribution in [0, 0.1) is 0 Å². The van der Waals surface area contributed by atoms with Crippen molar-refractivity contribution in [2.45, 2.75) is 24.2 Å². The van der Waals surface area contributed by atoms with E-state index in [0.29, 0.717) is 0 Å². The van der Waals surface area contributed by atoms with Gasteiger partial charge in [0.15, 0.2) is 0 Å². The van der Waals surface area contributed by atoms with Crippen LogP contribution in [0.3, 0.4) is 0 Å². The summed E-state index contributed by atoms with van der Waals surface area (Å²) in [7, 11) is 1.99. The average molecular weight is 239 g/mol. The molecular formula is C13H21NOS. The summed E-state index contributed by atoms with van der Waals surface area (Å²) in [5, 5.41) is 3.15. The Hall–Kier alpha value is -0.670. The molecule has 0 atom stereocenters. The summed E-state index contributed by atoms with van der Waals surface area (Å²) in [6, 6.07) is 8.21. The van der Waals surface area contributed by atoms with Crippen molar-refractivity contribution >= 4 is 11.8 Å². The summed E-state index contributed by atoms with van der Waals surface area (Å²) in [4.78, 5) is 1.22. The van der Waals surface area contributed by atoms with Gasteiger partial charge in [0, 0.05) is 4.90 Å². The first-order chi connectivity index (χ1) is 7.88. The van der Waals surface area contributed by atoms with Crippen LogP contribution in [0.5, 0.6) is 5.75 Å². The summed E-state index contributed by atoms with van der Waals surface area (Å²) < 4.78 is 5.77. The Bertz CT molecular complexity index is 291. The first-order valence-corrected chi connectivity index (χ1v) is 7.01. The largest absolute Gasteiger partial charge is 0.492 e. The highest BCUT2D eigenvalue weighted by Gasteiger charge is 2.00. The highest BCUT2D eigenvalue weighted by molar-refractivity contribution is 7.98. The molecule has 0 aliphatic carbocycles. The summed E-state index contributed by atoms with van der Waals surface area (Å²) in [6.07, 6.45) is 5.66. The van der Waals surface area contributed by atoms with Crippen LogP contribution >= 0.6 is 11.8 Å². The second kappa shape index (κ2) is 8.48. The van der Waals surface area contributed by atoms with Gasteiger partial charge in [-0.1, -0.05) is 12.1 Å². The lowest BCUT2D eigenvalue weighted by molar-refractivity contribution is 0.298. The maximum Gasteiger partial charge on any atom is 0.132 e. The fourth-order valence-electron chi connectivity index (χ4n) is 1.50. The summed E-state index contributed by atoms with van der Waals surface area (Å²) >= 11 is 1.73. The van der Waals surface area contributed by atoms with E-state index in [9.17, 15) is 0 Å². The molecule has 0 fully saturated rings. The van der Waals surface area contributed by atoms with E-state index >= 15 is 0 Å². The molecule has 0 bridgehead atoms. The molecule has 0 amide bonds. The van der Waals surface area contributed by atoms with E-state index in [-0.39, 0.29) is 0 Å². The molecule has 0 aliphatic rings. The van der Waals surface area contributed by atoms with Gasteiger partial charge in [-0.25, -0.2) is 0 Å². The average Bonchev–Trinajstić information content (AvgIpc) is 2.34. The first-order valence-electron chi connectivity index (χ1n) is 5.79. The van der Waals surface area contributed by atoms with Gasteiger partial charge in [0.05, 0.1) is 6.61 Å². The van der Waals surface area contributed by atoms with Crippen molar-refractivity contribution in [1.82, 2.24) is 5.32 Å². The molecule has 3 heteroatoms. The number of benzene rings is 1. The molecule has 0 aromatic heterocycles. The Morgan fingerprint density at radius 2 is 2.00 bits per heavy atom. The van der Waals surface area contributed by atoms with Gasteiger partial charge in [-0.2, -0.15) is 0 Å². The van der Waals surface area contributed by atoms with Crippen LogP contribution in [0.15, 0.2) is 29.2 Å².